The molecule has 0 heterocycles. The zero-order valence-corrected chi connectivity index (χ0v) is 27.1. The molecule has 0 saturated heterocycles. The number of aliphatic hydroxyl groups is 2. The first-order chi connectivity index (χ1) is 16.7. The predicted octanol–water partition coefficient (Wildman–Crippen LogP) is 9.22. The highest BCUT2D eigenvalue weighted by Gasteiger charge is 2.29. The van der Waals surface area contributed by atoms with E-state index in [4.69, 9.17) is 0 Å². The van der Waals surface area contributed by atoms with Crippen LogP contribution in [-0.4, -0.2) is 27.5 Å². The van der Waals surface area contributed by atoms with E-state index < -0.39 is 0 Å². The molecule has 4 heteroatoms. The molecule has 0 saturated carbocycles. The van der Waals surface area contributed by atoms with Gasteiger partial charge in [0.2, 0.25) is 0 Å². The van der Waals surface area contributed by atoms with Gasteiger partial charge in [0, 0.05) is 23.0 Å². The van der Waals surface area contributed by atoms with Crippen molar-refractivity contribution < 1.29 is 10.2 Å². The number of rotatable bonds is 10. The van der Waals surface area contributed by atoms with Crippen LogP contribution < -0.4 is 0 Å². The van der Waals surface area contributed by atoms with Gasteiger partial charge in [0.1, 0.15) is 0 Å². The summed E-state index contributed by atoms with van der Waals surface area (Å²) >= 11 is 3.83. The lowest BCUT2D eigenvalue weighted by Crippen LogP contribution is -2.22. The van der Waals surface area contributed by atoms with Crippen LogP contribution in [-0.2, 0) is 21.7 Å². The van der Waals surface area contributed by atoms with Gasteiger partial charge < -0.3 is 10.2 Å². The molecule has 0 atom stereocenters. The van der Waals surface area contributed by atoms with Crippen molar-refractivity contribution in [2.24, 2.45) is 0 Å². The summed E-state index contributed by atoms with van der Waals surface area (Å²) < 4.78 is -0.0935. The summed E-state index contributed by atoms with van der Waals surface area (Å²) in [5.41, 5.74) is 5.18. The standard InChI is InChI=1S/C33H52O2S2/c1-29(2,3)23-17-25(31(7,8)13-15-34)21-27(19-23)36-33(11,12)37-28-20-24(30(4,5)6)18-26(22-28)32(9,10)14-16-35/h17-22,34-35H,13-16H2,1-12H3. The normalized spacial score (nSPS) is 13.8. The highest BCUT2D eigenvalue weighted by atomic mass is 32.2. The lowest BCUT2D eigenvalue weighted by molar-refractivity contribution is 0.251. The van der Waals surface area contributed by atoms with Gasteiger partial charge in [-0.15, -0.1) is 23.5 Å². The van der Waals surface area contributed by atoms with Gasteiger partial charge in [0.05, 0.1) is 4.08 Å². The van der Waals surface area contributed by atoms with E-state index in [0.717, 1.165) is 12.8 Å². The average molecular weight is 545 g/mol. The fourth-order valence-electron chi connectivity index (χ4n) is 4.40. The number of benzene rings is 2. The van der Waals surface area contributed by atoms with E-state index in [2.05, 4.69) is 119 Å². The molecule has 37 heavy (non-hydrogen) atoms. The summed E-state index contributed by atoms with van der Waals surface area (Å²) in [7, 11) is 0. The van der Waals surface area contributed by atoms with E-state index in [9.17, 15) is 10.2 Å². The van der Waals surface area contributed by atoms with E-state index in [1.807, 2.05) is 23.5 Å². The maximum Gasteiger partial charge on any atom is 0.0649 e. The largest absolute Gasteiger partial charge is 0.396 e. The predicted molar refractivity (Wildman–Crippen MR) is 166 cm³/mol. The van der Waals surface area contributed by atoms with Gasteiger partial charge in [0.15, 0.2) is 0 Å². The van der Waals surface area contributed by atoms with Crippen LogP contribution in [0, 0.1) is 0 Å². The van der Waals surface area contributed by atoms with Crippen molar-refractivity contribution in [3.8, 4) is 0 Å². The number of thioether (sulfide) groups is 2. The third kappa shape index (κ3) is 9.05. The van der Waals surface area contributed by atoms with E-state index >= 15 is 0 Å². The highest BCUT2D eigenvalue weighted by Crippen LogP contribution is 2.48. The van der Waals surface area contributed by atoms with Crippen molar-refractivity contribution in [2.45, 2.75) is 131 Å². The van der Waals surface area contributed by atoms with Crippen LogP contribution in [0.4, 0.5) is 0 Å². The van der Waals surface area contributed by atoms with Crippen molar-refractivity contribution in [1.29, 1.82) is 0 Å². The third-order valence-electron chi connectivity index (χ3n) is 7.31. The van der Waals surface area contributed by atoms with Gasteiger partial charge in [-0.1, -0.05) is 81.4 Å². The fourth-order valence-corrected chi connectivity index (χ4v) is 7.02. The second-order valence-corrected chi connectivity index (χ2v) is 18.0. The molecule has 0 spiro atoms. The molecule has 2 N–H and O–H groups in total. The summed E-state index contributed by atoms with van der Waals surface area (Å²) in [4.78, 5) is 2.55. The van der Waals surface area contributed by atoms with Crippen molar-refractivity contribution in [2.75, 3.05) is 13.2 Å². The first kappa shape index (κ1) is 32.3. The lowest BCUT2D eigenvalue weighted by atomic mass is 9.78. The zero-order chi connectivity index (χ0) is 28.4. The van der Waals surface area contributed by atoms with Crippen LogP contribution >= 0.6 is 23.5 Å². The van der Waals surface area contributed by atoms with Crippen molar-refractivity contribution in [1.82, 2.24) is 0 Å². The molecule has 0 aromatic heterocycles. The Bertz CT molecular complexity index is 969. The second kappa shape index (κ2) is 11.7. The molecule has 0 amide bonds. The van der Waals surface area contributed by atoms with Crippen LogP contribution in [0.5, 0.6) is 0 Å². The Morgan fingerprint density at radius 1 is 0.486 bits per heavy atom. The minimum absolute atomic E-state index is 0.0477. The zero-order valence-electron chi connectivity index (χ0n) is 25.5. The van der Waals surface area contributed by atoms with Crippen LogP contribution in [0.1, 0.15) is 118 Å². The van der Waals surface area contributed by atoms with Crippen LogP contribution in [0.15, 0.2) is 46.2 Å². The molecule has 0 radical (unpaired) electrons. The van der Waals surface area contributed by atoms with Crippen LogP contribution in [0.25, 0.3) is 0 Å². The smallest absolute Gasteiger partial charge is 0.0649 e. The molecular weight excluding hydrogens is 492 g/mol. The van der Waals surface area contributed by atoms with Crippen molar-refractivity contribution in [3.05, 3.63) is 58.7 Å². The van der Waals surface area contributed by atoms with Gasteiger partial charge in [-0.3, -0.25) is 0 Å². The lowest BCUT2D eigenvalue weighted by Gasteiger charge is -2.32. The Labute approximate surface area is 236 Å². The van der Waals surface area contributed by atoms with Gasteiger partial charge in [-0.25, -0.2) is 0 Å². The van der Waals surface area contributed by atoms with E-state index in [1.54, 1.807) is 0 Å². The Hall–Kier alpha value is -0.940. The molecule has 0 fully saturated rings. The molecule has 0 bridgehead atoms. The summed E-state index contributed by atoms with van der Waals surface area (Å²) in [5, 5.41) is 19.4. The monoisotopic (exact) mass is 544 g/mol. The summed E-state index contributed by atoms with van der Waals surface area (Å²) in [6.07, 6.45) is 1.49. The molecule has 0 aliphatic carbocycles. The molecule has 2 nitrogen and oxygen atoms in total. The Kier molecular flexibility index (Phi) is 10.2. The highest BCUT2D eigenvalue weighted by molar-refractivity contribution is 8.18. The van der Waals surface area contributed by atoms with Crippen molar-refractivity contribution >= 4 is 23.5 Å². The summed E-state index contributed by atoms with van der Waals surface area (Å²) in [6, 6.07) is 14.0. The third-order valence-corrected chi connectivity index (χ3v) is 9.73. The molecule has 0 aliphatic rings. The van der Waals surface area contributed by atoms with Gasteiger partial charge in [-0.2, -0.15) is 0 Å². The van der Waals surface area contributed by atoms with Crippen molar-refractivity contribution in [3.63, 3.8) is 0 Å². The number of aliphatic hydroxyl groups excluding tert-OH is 2. The van der Waals surface area contributed by atoms with E-state index in [1.165, 1.54) is 32.0 Å². The minimum Gasteiger partial charge on any atom is -0.396 e. The Morgan fingerprint density at radius 3 is 1.05 bits per heavy atom. The molecule has 2 aromatic rings. The molecular formula is C33H52O2S2. The fraction of sp³-hybridized carbons (Fsp3) is 0.636. The number of hydrogen-bond acceptors (Lipinski definition) is 4. The van der Waals surface area contributed by atoms with Crippen LogP contribution in [0.2, 0.25) is 0 Å². The first-order valence-corrected chi connectivity index (χ1v) is 15.3. The van der Waals surface area contributed by atoms with Gasteiger partial charge >= 0.3 is 0 Å². The SMILES string of the molecule is CC(C)(Sc1cc(C(C)(C)C)cc(C(C)(C)CCO)c1)Sc1cc(C(C)(C)C)cc(C(C)(C)CCO)c1. The molecule has 208 valence electrons. The quantitative estimate of drug-likeness (QED) is 0.231. The topological polar surface area (TPSA) is 40.5 Å². The molecule has 0 aliphatic heterocycles. The summed E-state index contributed by atoms with van der Waals surface area (Å²) in [5.74, 6) is 0. The molecule has 2 aromatic carbocycles. The Morgan fingerprint density at radius 2 is 0.784 bits per heavy atom. The van der Waals surface area contributed by atoms with E-state index in [-0.39, 0.29) is 39.0 Å². The van der Waals surface area contributed by atoms with Crippen LogP contribution in [0.3, 0.4) is 0 Å². The van der Waals surface area contributed by atoms with E-state index in [0.29, 0.717) is 0 Å². The van der Waals surface area contributed by atoms with Gasteiger partial charge in [0.25, 0.3) is 0 Å². The van der Waals surface area contributed by atoms with Gasteiger partial charge in [-0.05, 0) is 94.9 Å². The summed E-state index contributed by atoms with van der Waals surface area (Å²) in [6.45, 7) is 27.5. The minimum atomic E-state index is -0.0935. The average Bonchev–Trinajstić information content (AvgIpc) is 2.71. The maximum atomic E-state index is 9.68. The Balaban J connectivity index is 2.50. The second-order valence-electron chi connectivity index (χ2n) is 14.3. The first-order valence-electron chi connectivity index (χ1n) is 13.6. The molecule has 0 unspecified atom stereocenters. The maximum absolute atomic E-state index is 9.68. The molecule has 2 rings (SSSR count). The number of hydrogen-bond donors (Lipinski definition) is 2.